The number of aromatic nitrogens is 1. The third-order valence-electron chi connectivity index (χ3n) is 3.69. The largest absolute Gasteiger partial charge is 0.434 e. The lowest BCUT2D eigenvalue weighted by molar-refractivity contribution is -0.140. The summed E-state index contributed by atoms with van der Waals surface area (Å²) in [6.07, 6.45) is -2.89. The zero-order valence-corrected chi connectivity index (χ0v) is 12.9. The van der Waals surface area contributed by atoms with Crippen LogP contribution in [-0.2, 0) is 17.4 Å². The number of hydrogen-bond acceptors (Lipinski definition) is 4. The number of carbonyl (C=O) groups is 1. The van der Waals surface area contributed by atoms with Gasteiger partial charge in [-0.1, -0.05) is 13.8 Å². The van der Waals surface area contributed by atoms with Gasteiger partial charge in [-0.15, -0.1) is 11.3 Å². The number of rotatable bonds is 7. The smallest absolute Gasteiger partial charge is 0.355 e. The van der Waals surface area contributed by atoms with Gasteiger partial charge in [0.1, 0.15) is 0 Å². The topological polar surface area (TPSA) is 68.0 Å². The van der Waals surface area contributed by atoms with Gasteiger partial charge in [0.25, 0.3) is 0 Å². The summed E-state index contributed by atoms with van der Waals surface area (Å²) in [7, 11) is 0. The Bertz CT molecular complexity index is 461. The van der Waals surface area contributed by atoms with Gasteiger partial charge in [-0.3, -0.25) is 4.79 Å². The van der Waals surface area contributed by atoms with Gasteiger partial charge in [0.2, 0.25) is 5.91 Å². The quantitative estimate of drug-likeness (QED) is 0.810. The van der Waals surface area contributed by atoms with Gasteiger partial charge in [0, 0.05) is 24.9 Å². The molecular formula is C13H20F3N3OS. The monoisotopic (exact) mass is 323 g/mol. The van der Waals surface area contributed by atoms with E-state index < -0.39 is 17.3 Å². The molecule has 3 N–H and O–H groups in total. The van der Waals surface area contributed by atoms with Crippen molar-refractivity contribution in [3.63, 3.8) is 0 Å². The van der Waals surface area contributed by atoms with Crippen LogP contribution >= 0.6 is 11.3 Å². The molecule has 1 rings (SSSR count). The fourth-order valence-electron chi connectivity index (χ4n) is 1.98. The van der Waals surface area contributed by atoms with Crippen LogP contribution in [-0.4, -0.2) is 24.0 Å². The number of carbonyl (C=O) groups excluding carboxylic acids is 1. The fraction of sp³-hybridized carbons (Fsp3) is 0.692. The first kappa shape index (κ1) is 17.9. The summed E-state index contributed by atoms with van der Waals surface area (Å²) in [5, 5.41) is 4.08. The molecule has 120 valence electrons. The van der Waals surface area contributed by atoms with Crippen molar-refractivity contribution >= 4 is 17.2 Å². The van der Waals surface area contributed by atoms with Crippen LogP contribution in [0.2, 0.25) is 0 Å². The van der Waals surface area contributed by atoms with E-state index in [4.69, 9.17) is 5.73 Å². The van der Waals surface area contributed by atoms with Gasteiger partial charge in [-0.05, 0) is 12.8 Å². The van der Waals surface area contributed by atoms with Crippen molar-refractivity contribution in [3.8, 4) is 0 Å². The van der Waals surface area contributed by atoms with E-state index in [-0.39, 0.29) is 25.4 Å². The SMILES string of the molecule is CCC(CC)(CN)C(=O)NCCc1nc(C(F)(F)F)cs1. The molecule has 21 heavy (non-hydrogen) atoms. The minimum absolute atomic E-state index is 0.150. The number of nitrogens with one attached hydrogen (secondary N) is 1. The van der Waals surface area contributed by atoms with Crippen LogP contribution in [0.5, 0.6) is 0 Å². The maximum absolute atomic E-state index is 12.4. The average molecular weight is 323 g/mol. The van der Waals surface area contributed by atoms with Crippen molar-refractivity contribution in [1.29, 1.82) is 0 Å². The van der Waals surface area contributed by atoms with Crippen LogP contribution in [0.4, 0.5) is 13.2 Å². The number of amides is 1. The van der Waals surface area contributed by atoms with Gasteiger partial charge < -0.3 is 11.1 Å². The lowest BCUT2D eigenvalue weighted by Crippen LogP contribution is -2.45. The van der Waals surface area contributed by atoms with Crippen molar-refractivity contribution in [2.75, 3.05) is 13.1 Å². The lowest BCUT2D eigenvalue weighted by Gasteiger charge is -2.28. The van der Waals surface area contributed by atoms with Crippen LogP contribution in [0.1, 0.15) is 37.4 Å². The summed E-state index contributed by atoms with van der Waals surface area (Å²) in [5.41, 5.74) is 4.19. The highest BCUT2D eigenvalue weighted by Gasteiger charge is 2.34. The predicted octanol–water partition coefficient (Wildman–Crippen LogP) is 2.59. The van der Waals surface area contributed by atoms with Crippen molar-refractivity contribution in [2.24, 2.45) is 11.1 Å². The van der Waals surface area contributed by atoms with Crippen molar-refractivity contribution in [3.05, 3.63) is 16.1 Å². The number of alkyl halides is 3. The molecular weight excluding hydrogens is 303 g/mol. The first-order valence-corrected chi connectivity index (χ1v) is 7.67. The maximum Gasteiger partial charge on any atom is 0.434 e. The van der Waals surface area contributed by atoms with Gasteiger partial charge in [0.05, 0.1) is 10.4 Å². The summed E-state index contributed by atoms with van der Waals surface area (Å²) in [4.78, 5) is 15.6. The molecule has 0 bridgehead atoms. The number of hydrogen-bond donors (Lipinski definition) is 2. The summed E-state index contributed by atoms with van der Waals surface area (Å²) in [6.45, 7) is 4.30. The highest BCUT2D eigenvalue weighted by molar-refractivity contribution is 7.09. The van der Waals surface area contributed by atoms with E-state index in [1.54, 1.807) is 0 Å². The Balaban J connectivity index is 2.54. The summed E-state index contributed by atoms with van der Waals surface area (Å²) >= 11 is 0.946. The molecule has 0 aliphatic heterocycles. The second-order valence-electron chi connectivity index (χ2n) is 4.82. The molecule has 4 nitrogen and oxygen atoms in total. The Labute approximate surface area is 125 Å². The molecule has 0 fully saturated rings. The molecule has 0 aliphatic carbocycles. The molecule has 0 saturated carbocycles. The molecule has 8 heteroatoms. The van der Waals surface area contributed by atoms with Crippen LogP contribution < -0.4 is 11.1 Å². The molecule has 1 aromatic rings. The van der Waals surface area contributed by atoms with Crippen molar-refractivity contribution < 1.29 is 18.0 Å². The second-order valence-corrected chi connectivity index (χ2v) is 5.76. The standard InChI is InChI=1S/C13H20F3N3OS/c1-3-12(4-2,8-17)11(20)18-6-5-10-19-9(7-21-10)13(14,15)16/h7H,3-6,8,17H2,1-2H3,(H,18,20). The summed E-state index contributed by atoms with van der Waals surface area (Å²) in [6, 6.07) is 0. The zero-order valence-electron chi connectivity index (χ0n) is 12.1. The molecule has 0 radical (unpaired) electrons. The minimum Gasteiger partial charge on any atom is -0.355 e. The minimum atomic E-state index is -4.42. The van der Waals surface area contributed by atoms with Crippen LogP contribution in [0.25, 0.3) is 0 Å². The highest BCUT2D eigenvalue weighted by atomic mass is 32.1. The van der Waals surface area contributed by atoms with E-state index >= 15 is 0 Å². The molecule has 0 saturated heterocycles. The predicted molar refractivity (Wildman–Crippen MR) is 75.9 cm³/mol. The van der Waals surface area contributed by atoms with E-state index in [1.165, 1.54) is 0 Å². The van der Waals surface area contributed by atoms with Crippen molar-refractivity contribution in [2.45, 2.75) is 39.3 Å². The fourth-order valence-corrected chi connectivity index (χ4v) is 2.78. The number of halogens is 3. The van der Waals surface area contributed by atoms with E-state index in [1.807, 2.05) is 13.8 Å². The number of nitrogens with two attached hydrogens (primary N) is 1. The Morgan fingerprint density at radius 2 is 2.00 bits per heavy atom. The van der Waals surface area contributed by atoms with E-state index in [2.05, 4.69) is 10.3 Å². The second kappa shape index (κ2) is 7.22. The Morgan fingerprint density at radius 3 is 2.43 bits per heavy atom. The zero-order chi connectivity index (χ0) is 16.1. The van der Waals surface area contributed by atoms with E-state index in [0.717, 1.165) is 16.7 Å². The normalized spacial score (nSPS) is 12.5. The van der Waals surface area contributed by atoms with E-state index in [9.17, 15) is 18.0 Å². The van der Waals surface area contributed by atoms with Gasteiger partial charge in [0.15, 0.2) is 5.69 Å². The highest BCUT2D eigenvalue weighted by Crippen LogP contribution is 2.30. The van der Waals surface area contributed by atoms with Gasteiger partial charge >= 0.3 is 6.18 Å². The Morgan fingerprint density at radius 1 is 1.38 bits per heavy atom. The summed E-state index contributed by atoms with van der Waals surface area (Å²) in [5.74, 6) is -0.150. The molecule has 1 heterocycles. The molecule has 0 atom stereocenters. The first-order chi connectivity index (χ1) is 9.79. The Kier molecular flexibility index (Phi) is 6.15. The van der Waals surface area contributed by atoms with Crippen LogP contribution in [0, 0.1) is 5.41 Å². The lowest BCUT2D eigenvalue weighted by atomic mass is 9.81. The molecule has 0 unspecified atom stereocenters. The Hall–Kier alpha value is -1.15. The molecule has 1 amide bonds. The maximum atomic E-state index is 12.4. The molecule has 1 aromatic heterocycles. The number of nitrogens with zero attached hydrogens (tertiary/aromatic N) is 1. The summed E-state index contributed by atoms with van der Waals surface area (Å²) < 4.78 is 37.2. The van der Waals surface area contributed by atoms with Crippen LogP contribution in [0.15, 0.2) is 5.38 Å². The van der Waals surface area contributed by atoms with Crippen LogP contribution in [0.3, 0.4) is 0 Å². The van der Waals surface area contributed by atoms with E-state index in [0.29, 0.717) is 17.8 Å². The van der Waals surface area contributed by atoms with Gasteiger partial charge in [-0.2, -0.15) is 13.2 Å². The first-order valence-electron chi connectivity index (χ1n) is 6.79. The third kappa shape index (κ3) is 4.41. The third-order valence-corrected chi connectivity index (χ3v) is 4.60. The number of thiazole rings is 1. The molecule has 0 aromatic carbocycles. The molecule has 0 aliphatic rings. The van der Waals surface area contributed by atoms with Gasteiger partial charge in [-0.25, -0.2) is 4.98 Å². The molecule has 0 spiro atoms. The van der Waals surface area contributed by atoms with Crippen molar-refractivity contribution in [1.82, 2.24) is 10.3 Å². The average Bonchev–Trinajstić information content (AvgIpc) is 2.90.